The summed E-state index contributed by atoms with van der Waals surface area (Å²) in [6.45, 7) is 0.760. The van der Waals surface area contributed by atoms with Gasteiger partial charge in [0.05, 0.1) is 12.2 Å². The van der Waals surface area contributed by atoms with Crippen LogP contribution in [0.15, 0.2) is 23.4 Å². The van der Waals surface area contributed by atoms with E-state index in [-0.39, 0.29) is 18.1 Å². The first-order valence-electron chi connectivity index (χ1n) is 5.06. The van der Waals surface area contributed by atoms with E-state index >= 15 is 0 Å². The highest BCUT2D eigenvalue weighted by molar-refractivity contribution is 5.36. The van der Waals surface area contributed by atoms with Crippen LogP contribution < -0.4 is 16.4 Å². The fourth-order valence-electron chi connectivity index (χ4n) is 2.75. The first kappa shape index (κ1) is 8.44. The molecule has 0 radical (unpaired) electrons. The van der Waals surface area contributed by atoms with E-state index in [2.05, 4.69) is 10.6 Å². The third kappa shape index (κ3) is 0.980. The highest BCUT2D eigenvalue weighted by Crippen LogP contribution is 2.37. The van der Waals surface area contributed by atoms with Gasteiger partial charge >= 0.3 is 0 Å². The van der Waals surface area contributed by atoms with Crippen LogP contribution in [0, 0.1) is 5.92 Å². The van der Waals surface area contributed by atoms with Crippen molar-refractivity contribution in [2.45, 2.75) is 24.8 Å². The van der Waals surface area contributed by atoms with E-state index in [0.717, 1.165) is 18.7 Å². The van der Waals surface area contributed by atoms with E-state index in [4.69, 9.17) is 5.73 Å². The number of rotatable bonds is 0. The molecule has 0 aromatic carbocycles. The van der Waals surface area contributed by atoms with Gasteiger partial charge in [-0.05, 0) is 12.0 Å². The number of halogens is 1. The largest absolute Gasteiger partial charge is 0.381 e. The van der Waals surface area contributed by atoms with Gasteiger partial charge in [0.2, 0.25) is 0 Å². The molecule has 0 spiro atoms. The lowest BCUT2D eigenvalue weighted by atomic mass is 9.84. The highest BCUT2D eigenvalue weighted by atomic mass is 19.1. The van der Waals surface area contributed by atoms with Gasteiger partial charge in [0.15, 0.2) is 0 Å². The molecule has 0 saturated carbocycles. The van der Waals surface area contributed by atoms with Crippen LogP contribution in [-0.2, 0) is 0 Å². The molecular formula is C10H14FN3. The molecule has 14 heavy (non-hydrogen) atoms. The molecule has 0 bridgehead atoms. The second kappa shape index (κ2) is 2.81. The molecule has 3 nitrogen and oxygen atoms in total. The maximum Gasteiger partial charge on any atom is 0.139 e. The number of fused-ring (bicyclic) bond motifs is 2. The first-order valence-corrected chi connectivity index (χ1v) is 5.06. The minimum Gasteiger partial charge on any atom is -0.381 e. The molecular weight excluding hydrogens is 181 g/mol. The summed E-state index contributed by atoms with van der Waals surface area (Å²) >= 11 is 0. The van der Waals surface area contributed by atoms with Gasteiger partial charge in [-0.3, -0.25) is 5.32 Å². The highest BCUT2D eigenvalue weighted by Gasteiger charge is 2.43. The molecule has 76 valence electrons. The minimum absolute atomic E-state index is 0.0712. The average molecular weight is 195 g/mol. The monoisotopic (exact) mass is 195 g/mol. The Bertz CT molecular complexity index is 323. The van der Waals surface area contributed by atoms with Crippen molar-refractivity contribution in [3.63, 3.8) is 0 Å². The molecule has 0 aromatic heterocycles. The van der Waals surface area contributed by atoms with E-state index in [0.29, 0.717) is 0 Å². The molecule has 4 atom stereocenters. The Balaban J connectivity index is 1.93. The third-order valence-corrected chi connectivity index (χ3v) is 3.41. The number of nitrogens with one attached hydrogen (secondary N) is 2. The fourth-order valence-corrected chi connectivity index (χ4v) is 2.75. The number of hydrogen-bond donors (Lipinski definition) is 3. The van der Waals surface area contributed by atoms with Crippen LogP contribution in [0.4, 0.5) is 4.39 Å². The lowest BCUT2D eigenvalue weighted by molar-refractivity contribution is 0.259. The van der Waals surface area contributed by atoms with Gasteiger partial charge in [0.1, 0.15) is 6.17 Å². The maximum atomic E-state index is 13.5. The van der Waals surface area contributed by atoms with Crippen LogP contribution >= 0.6 is 0 Å². The van der Waals surface area contributed by atoms with Crippen molar-refractivity contribution in [3.05, 3.63) is 23.4 Å². The van der Waals surface area contributed by atoms with Crippen molar-refractivity contribution in [2.75, 3.05) is 6.54 Å². The molecule has 3 rings (SSSR count). The van der Waals surface area contributed by atoms with E-state index in [9.17, 15) is 4.39 Å². The molecule has 4 unspecified atom stereocenters. The van der Waals surface area contributed by atoms with Crippen molar-refractivity contribution < 1.29 is 4.39 Å². The summed E-state index contributed by atoms with van der Waals surface area (Å²) in [7, 11) is 0. The molecule has 0 aromatic rings. The van der Waals surface area contributed by atoms with Gasteiger partial charge < -0.3 is 11.1 Å². The summed E-state index contributed by atoms with van der Waals surface area (Å²) < 4.78 is 13.5. The quantitative estimate of drug-likeness (QED) is 0.477. The summed E-state index contributed by atoms with van der Waals surface area (Å²) in [4.78, 5) is 0. The van der Waals surface area contributed by atoms with Crippen molar-refractivity contribution in [3.8, 4) is 0 Å². The van der Waals surface area contributed by atoms with Gasteiger partial charge in [0.25, 0.3) is 0 Å². The second-order valence-corrected chi connectivity index (χ2v) is 4.18. The molecule has 3 aliphatic rings. The third-order valence-electron chi connectivity index (χ3n) is 3.41. The van der Waals surface area contributed by atoms with E-state index in [1.807, 2.05) is 6.08 Å². The number of allylic oxidation sites excluding steroid dienone is 1. The van der Waals surface area contributed by atoms with Crippen LogP contribution in [0.25, 0.3) is 0 Å². The van der Waals surface area contributed by atoms with Gasteiger partial charge in [-0.2, -0.15) is 0 Å². The SMILES string of the molecule is NC1NCC2=C1C1CC=CC(F)C1N2. The lowest BCUT2D eigenvalue weighted by Gasteiger charge is -2.29. The van der Waals surface area contributed by atoms with E-state index in [1.165, 1.54) is 5.57 Å². The van der Waals surface area contributed by atoms with Crippen molar-refractivity contribution >= 4 is 0 Å². The molecule has 4 N–H and O–H groups in total. The predicted molar refractivity (Wildman–Crippen MR) is 52.1 cm³/mol. The second-order valence-electron chi connectivity index (χ2n) is 4.18. The van der Waals surface area contributed by atoms with Gasteiger partial charge in [-0.1, -0.05) is 12.2 Å². The summed E-state index contributed by atoms with van der Waals surface area (Å²) in [5.74, 6) is 0.259. The Morgan fingerprint density at radius 1 is 1.50 bits per heavy atom. The average Bonchev–Trinajstić information content (AvgIpc) is 2.68. The Labute approximate surface area is 82.2 Å². The standard InChI is InChI=1S/C10H14FN3/c11-6-3-1-2-5-8-7(14-9(5)6)4-13-10(8)12/h1,3,5-6,9-10,13-14H,2,4,12H2. The molecule has 1 aliphatic carbocycles. The fraction of sp³-hybridized carbons (Fsp3) is 0.600. The smallest absolute Gasteiger partial charge is 0.139 e. The maximum absolute atomic E-state index is 13.5. The van der Waals surface area contributed by atoms with E-state index < -0.39 is 6.17 Å². The lowest BCUT2D eigenvalue weighted by Crippen LogP contribution is -2.45. The summed E-state index contributed by atoms with van der Waals surface area (Å²) in [6.07, 6.45) is 3.54. The molecule has 2 aliphatic heterocycles. The normalized spacial score (nSPS) is 45.0. The Morgan fingerprint density at radius 2 is 2.36 bits per heavy atom. The van der Waals surface area contributed by atoms with Crippen molar-refractivity contribution in [1.82, 2.24) is 10.6 Å². The Kier molecular flexibility index (Phi) is 1.69. The van der Waals surface area contributed by atoms with Crippen LogP contribution in [-0.4, -0.2) is 24.9 Å². The summed E-state index contributed by atoms with van der Waals surface area (Å²) in [6, 6.07) is -0.0712. The van der Waals surface area contributed by atoms with Crippen LogP contribution in [0.3, 0.4) is 0 Å². The molecule has 0 saturated heterocycles. The first-order chi connectivity index (χ1) is 6.77. The van der Waals surface area contributed by atoms with Gasteiger partial charge in [-0.15, -0.1) is 0 Å². The van der Waals surface area contributed by atoms with E-state index in [1.54, 1.807) is 6.08 Å². The Morgan fingerprint density at radius 3 is 3.21 bits per heavy atom. The minimum atomic E-state index is -0.869. The number of hydrogen-bond acceptors (Lipinski definition) is 3. The van der Waals surface area contributed by atoms with Crippen molar-refractivity contribution in [2.24, 2.45) is 11.7 Å². The molecule has 2 heterocycles. The predicted octanol–water partition coefficient (Wildman–Crippen LogP) is 0.0145. The number of alkyl halides is 1. The topological polar surface area (TPSA) is 50.1 Å². The van der Waals surface area contributed by atoms with Crippen LogP contribution in [0.2, 0.25) is 0 Å². The Hall–Kier alpha value is -0.870. The van der Waals surface area contributed by atoms with Crippen LogP contribution in [0.1, 0.15) is 6.42 Å². The summed E-state index contributed by atoms with van der Waals surface area (Å²) in [5.41, 5.74) is 8.24. The van der Waals surface area contributed by atoms with Crippen LogP contribution in [0.5, 0.6) is 0 Å². The molecule has 0 fully saturated rings. The zero-order valence-corrected chi connectivity index (χ0v) is 7.83. The zero-order chi connectivity index (χ0) is 9.71. The van der Waals surface area contributed by atoms with Gasteiger partial charge in [-0.25, -0.2) is 4.39 Å². The number of nitrogens with two attached hydrogens (primary N) is 1. The molecule has 0 amide bonds. The van der Waals surface area contributed by atoms with Crippen molar-refractivity contribution in [1.29, 1.82) is 0 Å². The zero-order valence-electron chi connectivity index (χ0n) is 7.83. The summed E-state index contributed by atoms with van der Waals surface area (Å²) in [5, 5.41) is 6.41. The van der Waals surface area contributed by atoms with Gasteiger partial charge in [0, 0.05) is 18.2 Å². The molecule has 4 heteroatoms.